The molecule has 5 heteroatoms. The van der Waals surface area contributed by atoms with E-state index < -0.39 is 12.0 Å². The van der Waals surface area contributed by atoms with E-state index in [1.54, 1.807) is 11.8 Å². The lowest BCUT2D eigenvalue weighted by Gasteiger charge is -2.32. The van der Waals surface area contributed by atoms with Gasteiger partial charge in [0.25, 0.3) is 0 Å². The minimum Gasteiger partial charge on any atom is -0.480 e. The van der Waals surface area contributed by atoms with Crippen molar-refractivity contribution < 1.29 is 9.90 Å². The maximum atomic E-state index is 10.5. The van der Waals surface area contributed by atoms with Crippen LogP contribution < -0.4 is 5.73 Å². The quantitative estimate of drug-likeness (QED) is 0.685. The summed E-state index contributed by atoms with van der Waals surface area (Å²) in [5.41, 5.74) is 5.43. The third-order valence-corrected chi connectivity index (χ3v) is 4.25. The number of hydrogen-bond acceptors (Lipinski definition) is 4. The van der Waals surface area contributed by atoms with Gasteiger partial charge in [0.05, 0.1) is 0 Å². The van der Waals surface area contributed by atoms with Gasteiger partial charge in [0.1, 0.15) is 6.04 Å². The smallest absolute Gasteiger partial charge is 0.321 e. The molecule has 2 unspecified atom stereocenters. The first-order valence-corrected chi connectivity index (χ1v) is 7.03. The van der Waals surface area contributed by atoms with Crippen LogP contribution in [0.15, 0.2) is 0 Å². The zero-order valence-electron chi connectivity index (χ0n) is 9.89. The maximum Gasteiger partial charge on any atom is 0.321 e. The largest absolute Gasteiger partial charge is 0.480 e. The fourth-order valence-electron chi connectivity index (χ4n) is 2.01. The standard InChI is InChI=1S/C11H22N2O2S/c1-13-6-3-2-4-9(13)5-7-16-8-10(12)11(14)15/h9-10H,2-8,12H2,1H3,(H,14,15). The maximum absolute atomic E-state index is 10.5. The zero-order valence-corrected chi connectivity index (χ0v) is 10.7. The number of piperidine rings is 1. The summed E-state index contributed by atoms with van der Waals surface area (Å²) in [7, 11) is 2.18. The molecule has 0 saturated carbocycles. The van der Waals surface area contributed by atoms with Gasteiger partial charge in [-0.15, -0.1) is 0 Å². The summed E-state index contributed by atoms with van der Waals surface area (Å²) in [4.78, 5) is 12.9. The number of nitrogens with two attached hydrogens (primary N) is 1. The number of aliphatic carboxylic acids is 1. The summed E-state index contributed by atoms with van der Waals surface area (Å²) >= 11 is 1.65. The molecular weight excluding hydrogens is 224 g/mol. The normalized spacial score (nSPS) is 24.2. The summed E-state index contributed by atoms with van der Waals surface area (Å²) < 4.78 is 0. The van der Waals surface area contributed by atoms with Crippen LogP contribution in [0, 0.1) is 0 Å². The van der Waals surface area contributed by atoms with Gasteiger partial charge in [-0.1, -0.05) is 6.42 Å². The number of carbonyl (C=O) groups is 1. The van der Waals surface area contributed by atoms with Crippen LogP contribution in [0.1, 0.15) is 25.7 Å². The summed E-state index contributed by atoms with van der Waals surface area (Å²) in [6.07, 6.45) is 5.06. The summed E-state index contributed by atoms with van der Waals surface area (Å²) in [6, 6.07) is -0.0311. The molecule has 0 radical (unpaired) electrons. The Hall–Kier alpha value is -0.260. The van der Waals surface area contributed by atoms with E-state index in [2.05, 4.69) is 11.9 Å². The first-order chi connectivity index (χ1) is 7.61. The Labute approximate surface area is 102 Å². The Bertz CT molecular complexity index is 226. The molecule has 1 heterocycles. The molecule has 4 nitrogen and oxygen atoms in total. The van der Waals surface area contributed by atoms with Crippen molar-refractivity contribution in [1.29, 1.82) is 0 Å². The van der Waals surface area contributed by atoms with Gasteiger partial charge in [-0.3, -0.25) is 4.79 Å². The lowest BCUT2D eigenvalue weighted by molar-refractivity contribution is -0.137. The molecule has 94 valence electrons. The lowest BCUT2D eigenvalue weighted by atomic mass is 10.0. The number of carboxylic acid groups (broad SMARTS) is 1. The monoisotopic (exact) mass is 246 g/mol. The molecular formula is C11H22N2O2S. The van der Waals surface area contributed by atoms with E-state index >= 15 is 0 Å². The van der Waals surface area contributed by atoms with E-state index in [-0.39, 0.29) is 0 Å². The number of likely N-dealkylation sites (tertiary alicyclic amines) is 1. The molecule has 1 rings (SSSR count). The fraction of sp³-hybridized carbons (Fsp3) is 0.909. The molecule has 1 saturated heterocycles. The van der Waals surface area contributed by atoms with E-state index in [1.165, 1.54) is 25.8 Å². The van der Waals surface area contributed by atoms with Crippen molar-refractivity contribution in [3.05, 3.63) is 0 Å². The first kappa shape index (κ1) is 13.8. The Morgan fingerprint density at radius 3 is 3.00 bits per heavy atom. The highest BCUT2D eigenvalue weighted by atomic mass is 32.2. The predicted octanol–water partition coefficient (Wildman–Crippen LogP) is 1.01. The van der Waals surface area contributed by atoms with Crippen LogP contribution in [0.4, 0.5) is 0 Å². The predicted molar refractivity (Wildman–Crippen MR) is 67.8 cm³/mol. The van der Waals surface area contributed by atoms with Gasteiger partial charge in [-0.05, 0) is 38.6 Å². The van der Waals surface area contributed by atoms with Crippen LogP contribution in [0.5, 0.6) is 0 Å². The second kappa shape index (κ2) is 7.14. The molecule has 0 spiro atoms. The van der Waals surface area contributed by atoms with Crippen LogP contribution in [-0.2, 0) is 4.79 Å². The van der Waals surface area contributed by atoms with E-state index in [1.807, 2.05) is 0 Å². The molecule has 3 N–H and O–H groups in total. The highest BCUT2D eigenvalue weighted by Gasteiger charge is 2.18. The highest BCUT2D eigenvalue weighted by molar-refractivity contribution is 7.99. The second-order valence-corrected chi connectivity index (χ2v) is 5.59. The SMILES string of the molecule is CN1CCCCC1CCSCC(N)C(=O)O. The van der Waals surface area contributed by atoms with Gasteiger partial charge >= 0.3 is 5.97 Å². The van der Waals surface area contributed by atoms with Gasteiger partial charge in [0.2, 0.25) is 0 Å². The molecule has 1 fully saturated rings. The first-order valence-electron chi connectivity index (χ1n) is 5.87. The fourth-order valence-corrected chi connectivity index (χ4v) is 3.01. The van der Waals surface area contributed by atoms with Crippen LogP contribution >= 0.6 is 11.8 Å². The Morgan fingerprint density at radius 1 is 1.62 bits per heavy atom. The van der Waals surface area contributed by atoms with Crippen molar-refractivity contribution in [3.63, 3.8) is 0 Å². The number of nitrogens with zero attached hydrogens (tertiary/aromatic N) is 1. The average Bonchev–Trinajstić information content (AvgIpc) is 2.26. The summed E-state index contributed by atoms with van der Waals surface area (Å²) in [6.45, 7) is 1.20. The molecule has 16 heavy (non-hydrogen) atoms. The Morgan fingerprint density at radius 2 is 2.38 bits per heavy atom. The zero-order chi connectivity index (χ0) is 12.0. The molecule has 0 amide bonds. The van der Waals surface area contributed by atoms with Crippen molar-refractivity contribution in [2.75, 3.05) is 25.1 Å². The van der Waals surface area contributed by atoms with E-state index in [0.717, 1.165) is 12.2 Å². The van der Waals surface area contributed by atoms with E-state index in [0.29, 0.717) is 11.8 Å². The van der Waals surface area contributed by atoms with Crippen LogP contribution in [0.2, 0.25) is 0 Å². The molecule has 2 atom stereocenters. The minimum absolute atomic E-state index is 0.520. The number of carboxylic acids is 1. The summed E-state index contributed by atoms with van der Waals surface area (Å²) in [5, 5.41) is 8.63. The third-order valence-electron chi connectivity index (χ3n) is 3.13. The number of hydrogen-bond donors (Lipinski definition) is 2. The Kier molecular flexibility index (Phi) is 6.16. The van der Waals surface area contributed by atoms with Gasteiger partial charge in [0.15, 0.2) is 0 Å². The van der Waals surface area contributed by atoms with Crippen molar-refractivity contribution in [3.8, 4) is 0 Å². The number of thioether (sulfide) groups is 1. The lowest BCUT2D eigenvalue weighted by Crippen LogP contribution is -2.36. The topological polar surface area (TPSA) is 66.6 Å². The second-order valence-electron chi connectivity index (χ2n) is 4.44. The van der Waals surface area contributed by atoms with Crippen LogP contribution in [0.25, 0.3) is 0 Å². The third kappa shape index (κ3) is 4.72. The molecule has 1 aliphatic heterocycles. The van der Waals surface area contributed by atoms with Crippen LogP contribution in [-0.4, -0.2) is 53.2 Å². The van der Waals surface area contributed by atoms with Gasteiger partial charge in [0, 0.05) is 11.8 Å². The highest BCUT2D eigenvalue weighted by Crippen LogP contribution is 2.19. The molecule has 0 aromatic rings. The van der Waals surface area contributed by atoms with Crippen molar-refractivity contribution in [2.24, 2.45) is 5.73 Å². The molecule has 0 bridgehead atoms. The van der Waals surface area contributed by atoms with E-state index in [9.17, 15) is 4.79 Å². The van der Waals surface area contributed by atoms with Gasteiger partial charge in [-0.2, -0.15) is 11.8 Å². The van der Waals surface area contributed by atoms with Crippen molar-refractivity contribution in [1.82, 2.24) is 4.90 Å². The molecule has 0 aromatic heterocycles. The molecule has 0 aliphatic carbocycles. The van der Waals surface area contributed by atoms with Gasteiger partial charge in [-0.25, -0.2) is 0 Å². The Balaban J connectivity index is 2.08. The number of rotatable bonds is 6. The molecule has 0 aromatic carbocycles. The van der Waals surface area contributed by atoms with Gasteiger partial charge < -0.3 is 15.7 Å². The van der Waals surface area contributed by atoms with Crippen molar-refractivity contribution >= 4 is 17.7 Å². The average molecular weight is 246 g/mol. The molecule has 1 aliphatic rings. The van der Waals surface area contributed by atoms with Crippen molar-refractivity contribution in [2.45, 2.75) is 37.8 Å². The summed E-state index contributed by atoms with van der Waals surface area (Å²) in [5.74, 6) is 0.629. The van der Waals surface area contributed by atoms with Crippen LogP contribution in [0.3, 0.4) is 0 Å². The van der Waals surface area contributed by atoms with E-state index in [4.69, 9.17) is 10.8 Å². The minimum atomic E-state index is -0.901.